The minimum Gasteiger partial charge on any atom is -0.0654 e. The molecular formula is C18H38. The smallest absolute Gasteiger partial charge is 0.0293 e. The second kappa shape index (κ2) is 8.23. The molecule has 0 spiro atoms. The van der Waals surface area contributed by atoms with Crippen LogP contribution in [-0.2, 0) is 0 Å². The first-order chi connectivity index (χ1) is 8.26. The van der Waals surface area contributed by atoms with Gasteiger partial charge in [-0.25, -0.2) is 0 Å². The first-order valence-electron chi connectivity index (χ1n) is 8.26. The zero-order chi connectivity index (χ0) is 14.3. The average molecular weight is 255 g/mol. The van der Waals surface area contributed by atoms with Crippen molar-refractivity contribution in [1.82, 2.24) is 0 Å². The van der Waals surface area contributed by atoms with Crippen molar-refractivity contribution >= 4 is 0 Å². The van der Waals surface area contributed by atoms with Crippen molar-refractivity contribution in [2.75, 3.05) is 0 Å². The van der Waals surface area contributed by atoms with Crippen LogP contribution in [0.25, 0.3) is 0 Å². The summed E-state index contributed by atoms with van der Waals surface area (Å²) in [6, 6.07) is 0. The minimum atomic E-state index is 0.542. The highest BCUT2D eigenvalue weighted by Gasteiger charge is 2.36. The summed E-state index contributed by atoms with van der Waals surface area (Å²) >= 11 is 0. The van der Waals surface area contributed by atoms with Crippen molar-refractivity contribution in [2.24, 2.45) is 29.1 Å². The molecule has 0 N–H and O–H groups in total. The predicted molar refractivity (Wildman–Crippen MR) is 84.9 cm³/mol. The molecule has 0 saturated carbocycles. The van der Waals surface area contributed by atoms with E-state index in [4.69, 9.17) is 0 Å². The molecule has 0 rings (SSSR count). The SMILES string of the molecule is CCCC(C)(CC(C)C)C(CC(C)CC)C(C)C. The Morgan fingerprint density at radius 2 is 1.50 bits per heavy atom. The first-order valence-corrected chi connectivity index (χ1v) is 8.26. The van der Waals surface area contributed by atoms with E-state index in [0.29, 0.717) is 5.41 Å². The summed E-state index contributed by atoms with van der Waals surface area (Å²) in [5.41, 5.74) is 0.542. The van der Waals surface area contributed by atoms with Crippen LogP contribution in [0.3, 0.4) is 0 Å². The first kappa shape index (κ1) is 18.0. The van der Waals surface area contributed by atoms with Gasteiger partial charge in [0, 0.05) is 0 Å². The monoisotopic (exact) mass is 254 g/mol. The maximum atomic E-state index is 2.56. The molecule has 3 atom stereocenters. The van der Waals surface area contributed by atoms with E-state index in [9.17, 15) is 0 Å². The van der Waals surface area contributed by atoms with E-state index in [-0.39, 0.29) is 0 Å². The highest BCUT2D eigenvalue weighted by molar-refractivity contribution is 4.86. The summed E-state index contributed by atoms with van der Waals surface area (Å²) in [6.07, 6.45) is 6.85. The molecule has 0 aliphatic rings. The van der Waals surface area contributed by atoms with Crippen LogP contribution in [0.2, 0.25) is 0 Å². The van der Waals surface area contributed by atoms with Crippen molar-refractivity contribution in [3.63, 3.8) is 0 Å². The van der Waals surface area contributed by atoms with Crippen LogP contribution < -0.4 is 0 Å². The molecule has 0 aromatic rings. The van der Waals surface area contributed by atoms with Gasteiger partial charge in [-0.1, -0.05) is 68.2 Å². The Kier molecular flexibility index (Phi) is 8.23. The maximum absolute atomic E-state index is 2.56. The molecule has 0 aromatic carbocycles. The number of hydrogen-bond acceptors (Lipinski definition) is 0. The van der Waals surface area contributed by atoms with Crippen molar-refractivity contribution in [3.05, 3.63) is 0 Å². The maximum Gasteiger partial charge on any atom is -0.0293 e. The summed E-state index contributed by atoms with van der Waals surface area (Å²) in [4.78, 5) is 0. The van der Waals surface area contributed by atoms with E-state index >= 15 is 0 Å². The van der Waals surface area contributed by atoms with Gasteiger partial charge < -0.3 is 0 Å². The van der Waals surface area contributed by atoms with Crippen LogP contribution >= 0.6 is 0 Å². The molecule has 0 bridgehead atoms. The fraction of sp³-hybridized carbons (Fsp3) is 1.00. The van der Waals surface area contributed by atoms with Gasteiger partial charge in [-0.3, -0.25) is 0 Å². The van der Waals surface area contributed by atoms with Crippen LogP contribution in [0.15, 0.2) is 0 Å². The zero-order valence-corrected chi connectivity index (χ0v) is 14.3. The van der Waals surface area contributed by atoms with Crippen molar-refractivity contribution in [2.45, 2.75) is 87.5 Å². The van der Waals surface area contributed by atoms with Crippen LogP contribution in [0.4, 0.5) is 0 Å². The third-order valence-corrected chi connectivity index (χ3v) is 4.75. The Bertz CT molecular complexity index is 204. The van der Waals surface area contributed by atoms with Crippen molar-refractivity contribution in [1.29, 1.82) is 0 Å². The lowest BCUT2D eigenvalue weighted by Crippen LogP contribution is -2.34. The van der Waals surface area contributed by atoms with Gasteiger partial charge in [-0.15, -0.1) is 0 Å². The van der Waals surface area contributed by atoms with Crippen LogP contribution in [0, 0.1) is 29.1 Å². The summed E-state index contributed by atoms with van der Waals surface area (Å²) in [5.74, 6) is 3.39. The van der Waals surface area contributed by atoms with Gasteiger partial charge in [0.15, 0.2) is 0 Å². The molecule has 0 saturated heterocycles. The minimum absolute atomic E-state index is 0.542. The van der Waals surface area contributed by atoms with E-state index in [1.54, 1.807) is 0 Å². The zero-order valence-electron chi connectivity index (χ0n) is 14.3. The van der Waals surface area contributed by atoms with Gasteiger partial charge in [-0.2, -0.15) is 0 Å². The molecule has 0 aliphatic heterocycles. The molecule has 0 nitrogen and oxygen atoms in total. The van der Waals surface area contributed by atoms with E-state index < -0.39 is 0 Å². The van der Waals surface area contributed by atoms with Crippen LogP contribution in [-0.4, -0.2) is 0 Å². The van der Waals surface area contributed by atoms with Crippen molar-refractivity contribution in [3.8, 4) is 0 Å². The Morgan fingerprint density at radius 3 is 1.83 bits per heavy atom. The normalized spacial score (nSPS) is 19.0. The molecule has 18 heavy (non-hydrogen) atoms. The fourth-order valence-electron chi connectivity index (χ4n) is 3.90. The molecule has 0 aromatic heterocycles. The standard InChI is InChI=1S/C18H38/c1-9-11-18(8,13-14(3)4)17(15(5)6)12-16(7)10-2/h14-17H,9-13H2,1-8H3. The highest BCUT2D eigenvalue weighted by atomic mass is 14.4. The molecule has 0 fully saturated rings. The molecule has 0 radical (unpaired) electrons. The topological polar surface area (TPSA) is 0 Å². The molecule has 3 unspecified atom stereocenters. The Hall–Kier alpha value is 0. The van der Waals surface area contributed by atoms with Gasteiger partial charge in [0.05, 0.1) is 0 Å². The summed E-state index contributed by atoms with van der Waals surface area (Å²) in [5, 5.41) is 0. The Balaban J connectivity index is 4.96. The number of hydrogen-bond donors (Lipinski definition) is 0. The second-order valence-corrected chi connectivity index (χ2v) is 7.60. The summed E-state index contributed by atoms with van der Waals surface area (Å²) in [7, 11) is 0. The lowest BCUT2D eigenvalue weighted by Gasteiger charge is -2.43. The van der Waals surface area contributed by atoms with E-state index in [1.165, 1.54) is 32.1 Å². The summed E-state index contributed by atoms with van der Waals surface area (Å²) < 4.78 is 0. The predicted octanol–water partition coefficient (Wildman–Crippen LogP) is 6.55. The molecule has 0 aliphatic carbocycles. The van der Waals surface area contributed by atoms with Gasteiger partial charge in [-0.05, 0) is 48.3 Å². The molecular weight excluding hydrogens is 216 g/mol. The van der Waals surface area contributed by atoms with E-state index in [0.717, 1.165) is 23.7 Å². The van der Waals surface area contributed by atoms with Crippen LogP contribution in [0.1, 0.15) is 87.5 Å². The molecule has 110 valence electrons. The van der Waals surface area contributed by atoms with Crippen molar-refractivity contribution < 1.29 is 0 Å². The molecule has 0 heterocycles. The largest absolute Gasteiger partial charge is 0.0654 e. The van der Waals surface area contributed by atoms with E-state index in [1.807, 2.05) is 0 Å². The lowest BCUT2D eigenvalue weighted by atomic mass is 9.62. The van der Waals surface area contributed by atoms with Gasteiger partial charge in [0.1, 0.15) is 0 Å². The lowest BCUT2D eigenvalue weighted by molar-refractivity contribution is 0.0714. The summed E-state index contributed by atoms with van der Waals surface area (Å²) in [6.45, 7) is 19.3. The number of rotatable bonds is 9. The van der Waals surface area contributed by atoms with E-state index in [2.05, 4.69) is 55.4 Å². The van der Waals surface area contributed by atoms with Gasteiger partial charge in [0.25, 0.3) is 0 Å². The Morgan fingerprint density at radius 1 is 0.944 bits per heavy atom. The third-order valence-electron chi connectivity index (χ3n) is 4.75. The highest BCUT2D eigenvalue weighted by Crippen LogP contribution is 2.45. The fourth-order valence-corrected chi connectivity index (χ4v) is 3.90. The second-order valence-electron chi connectivity index (χ2n) is 7.60. The van der Waals surface area contributed by atoms with Gasteiger partial charge in [0.2, 0.25) is 0 Å². The molecule has 0 heteroatoms. The molecule has 0 amide bonds. The van der Waals surface area contributed by atoms with Gasteiger partial charge >= 0.3 is 0 Å². The average Bonchev–Trinajstić information content (AvgIpc) is 2.23. The third kappa shape index (κ3) is 5.76. The van der Waals surface area contributed by atoms with Crippen LogP contribution in [0.5, 0.6) is 0 Å². The Labute approximate surface area is 117 Å². The quantitative estimate of drug-likeness (QED) is 0.438.